The molecule has 0 N–H and O–H groups in total. The number of carbonyl (C=O) groups excluding carboxylic acids is 2. The molecule has 3 nitrogen and oxygen atoms in total. The summed E-state index contributed by atoms with van der Waals surface area (Å²) in [4.78, 5) is 21.8. The molecule has 0 heterocycles. The van der Waals surface area contributed by atoms with Crippen molar-refractivity contribution in [3.8, 4) is 0 Å². The van der Waals surface area contributed by atoms with Crippen LogP contribution in [-0.2, 0) is 26.6 Å². The number of esters is 1. The van der Waals surface area contributed by atoms with Crippen LogP contribution in [0.15, 0.2) is 66.8 Å². The van der Waals surface area contributed by atoms with E-state index in [1.54, 1.807) is 25.2 Å². The molecule has 0 unspecified atom stereocenters. The molecule has 0 atom stereocenters. The number of carbonyl (C=O) groups is 2. The zero-order valence-electron chi connectivity index (χ0n) is 13.2. The van der Waals surface area contributed by atoms with E-state index in [0.717, 1.165) is 11.1 Å². The summed E-state index contributed by atoms with van der Waals surface area (Å²) >= 11 is 0. The summed E-state index contributed by atoms with van der Waals surface area (Å²) in [5.41, 5.74) is 1.78. The molecule has 0 aliphatic heterocycles. The van der Waals surface area contributed by atoms with Crippen molar-refractivity contribution >= 4 is 17.8 Å². The first-order valence-corrected chi connectivity index (χ1v) is 7.12. The van der Waals surface area contributed by atoms with E-state index >= 15 is 0 Å². The van der Waals surface area contributed by atoms with Crippen molar-refractivity contribution < 1.29 is 31.4 Å². The Hall–Kier alpha value is -2.16. The van der Waals surface area contributed by atoms with Gasteiger partial charge in [0.2, 0.25) is 0 Å². The van der Waals surface area contributed by atoms with Gasteiger partial charge in [0, 0.05) is 17.1 Å². The second-order valence-corrected chi connectivity index (χ2v) is 4.34. The minimum absolute atomic E-state index is 0. The third-order valence-corrected chi connectivity index (χ3v) is 2.65. The van der Waals surface area contributed by atoms with E-state index in [1.165, 1.54) is 6.08 Å². The fraction of sp³-hybridized carbons (Fsp3) is 0.158. The molecule has 0 spiro atoms. The Kier molecular flexibility index (Phi) is 11.2. The van der Waals surface area contributed by atoms with Crippen molar-refractivity contribution in [2.45, 2.75) is 13.8 Å². The van der Waals surface area contributed by atoms with E-state index < -0.39 is 0 Å². The van der Waals surface area contributed by atoms with Gasteiger partial charge in [0.15, 0.2) is 5.97 Å². The van der Waals surface area contributed by atoms with Crippen LogP contribution >= 0.6 is 0 Å². The van der Waals surface area contributed by atoms with E-state index in [1.807, 2.05) is 55.5 Å². The number of ketones is 1. The van der Waals surface area contributed by atoms with Gasteiger partial charge in [0.25, 0.3) is 0 Å². The molecule has 0 saturated heterocycles. The van der Waals surface area contributed by atoms with E-state index in [9.17, 15) is 9.59 Å². The Labute approximate surface area is 147 Å². The second kappa shape index (κ2) is 12.4. The maximum Gasteiger partial charge on any atom is 0.183 e. The van der Waals surface area contributed by atoms with Gasteiger partial charge >= 0.3 is 0 Å². The molecule has 2 rings (SSSR count). The van der Waals surface area contributed by atoms with Gasteiger partial charge in [-0.2, -0.15) is 12.1 Å². The molecule has 0 aliphatic rings. The number of hydrogen-bond donors (Lipinski definition) is 0. The molecule has 4 heteroatoms. The summed E-state index contributed by atoms with van der Waals surface area (Å²) in [5.74, 6) is -0.216. The number of hydrogen-bond acceptors (Lipinski definition) is 3. The van der Waals surface area contributed by atoms with Gasteiger partial charge in [0.05, 0.1) is 6.61 Å². The number of rotatable bonds is 5. The van der Waals surface area contributed by atoms with Crippen molar-refractivity contribution in [1.82, 2.24) is 0 Å². The van der Waals surface area contributed by atoms with Gasteiger partial charge in [0.1, 0.15) is 5.78 Å². The fourth-order valence-electron chi connectivity index (χ4n) is 1.64. The van der Waals surface area contributed by atoms with Crippen molar-refractivity contribution in [3.63, 3.8) is 0 Å². The van der Waals surface area contributed by atoms with Crippen LogP contribution in [0.1, 0.15) is 29.8 Å². The average molecular weight is 352 g/mol. The van der Waals surface area contributed by atoms with Crippen molar-refractivity contribution in [2.75, 3.05) is 6.61 Å². The third-order valence-electron chi connectivity index (χ3n) is 2.65. The summed E-state index contributed by atoms with van der Waals surface area (Å²) in [7, 11) is 0. The minimum atomic E-state index is -0.293. The summed E-state index contributed by atoms with van der Waals surface area (Å²) in [6.07, 6.45) is 6.47. The molecule has 0 fully saturated rings. The number of allylic oxidation sites excluding steroid dienone is 2. The molecule has 0 radical (unpaired) electrons. The summed E-state index contributed by atoms with van der Waals surface area (Å²) < 4.78 is 4.71. The SMILES string of the molecule is CC=CC(=O)[c-]1cccc1.CCOC(=O)C=C[c-]1[cH-][cH-][cH-][cH-]1.[Fe]. The largest absolute Gasteiger partial charge is 0.686 e. The van der Waals surface area contributed by atoms with E-state index in [0.29, 0.717) is 6.61 Å². The first-order chi connectivity index (χ1) is 10.7. The Morgan fingerprint density at radius 1 is 1.13 bits per heavy atom. The van der Waals surface area contributed by atoms with Crippen molar-refractivity contribution in [3.05, 3.63) is 77.9 Å². The van der Waals surface area contributed by atoms with Crippen LogP contribution in [0.2, 0.25) is 0 Å². The molecule has 0 aliphatic carbocycles. The monoisotopic (exact) mass is 352 g/mol. The summed E-state index contributed by atoms with van der Waals surface area (Å²) in [5, 5.41) is 0. The van der Waals surface area contributed by atoms with Crippen LogP contribution in [0, 0.1) is 0 Å². The summed E-state index contributed by atoms with van der Waals surface area (Å²) in [6.45, 7) is 4.04. The molecule has 128 valence electrons. The molecular formula is C19H20FeO3-6. The zero-order chi connectivity index (χ0) is 16.2. The van der Waals surface area contributed by atoms with E-state index in [4.69, 9.17) is 4.74 Å². The van der Waals surface area contributed by atoms with Crippen LogP contribution in [0.4, 0.5) is 0 Å². The number of ether oxygens (including phenoxy) is 1. The maximum atomic E-state index is 11.0. The molecule has 0 aromatic heterocycles. The first kappa shape index (κ1) is 20.8. The van der Waals surface area contributed by atoms with Crippen LogP contribution in [-0.4, -0.2) is 18.4 Å². The summed E-state index contributed by atoms with van der Waals surface area (Å²) in [6, 6.07) is 15.0. The van der Waals surface area contributed by atoms with E-state index in [-0.39, 0.29) is 28.8 Å². The Bertz CT molecular complexity index is 605. The average Bonchev–Trinajstić information content (AvgIpc) is 3.20. The molecule has 2 aromatic rings. The maximum absolute atomic E-state index is 11.0. The molecule has 0 bridgehead atoms. The Morgan fingerprint density at radius 3 is 2.26 bits per heavy atom. The van der Waals surface area contributed by atoms with Crippen LogP contribution in [0.5, 0.6) is 0 Å². The third kappa shape index (κ3) is 8.76. The van der Waals surface area contributed by atoms with Gasteiger partial charge in [-0.15, -0.1) is 18.2 Å². The van der Waals surface area contributed by atoms with Gasteiger partial charge in [-0.05, 0) is 6.92 Å². The Balaban J connectivity index is 0.000000409. The molecular weight excluding hydrogens is 332 g/mol. The van der Waals surface area contributed by atoms with Gasteiger partial charge in [-0.1, -0.05) is 18.6 Å². The van der Waals surface area contributed by atoms with Gasteiger partial charge in [-0.3, -0.25) is 4.79 Å². The molecule has 2 aromatic carbocycles. The fourth-order valence-corrected chi connectivity index (χ4v) is 1.64. The van der Waals surface area contributed by atoms with Gasteiger partial charge < -0.3 is 51.5 Å². The first-order valence-electron chi connectivity index (χ1n) is 7.12. The van der Waals surface area contributed by atoms with E-state index in [2.05, 4.69) is 0 Å². The van der Waals surface area contributed by atoms with Crippen LogP contribution in [0.3, 0.4) is 0 Å². The topological polar surface area (TPSA) is 43.4 Å². The van der Waals surface area contributed by atoms with Crippen molar-refractivity contribution in [2.24, 2.45) is 0 Å². The van der Waals surface area contributed by atoms with Crippen LogP contribution < -0.4 is 0 Å². The minimum Gasteiger partial charge on any atom is -0.686 e. The predicted octanol–water partition coefficient (Wildman–Crippen LogP) is 4.14. The zero-order valence-corrected chi connectivity index (χ0v) is 14.3. The smallest absolute Gasteiger partial charge is 0.183 e. The molecule has 23 heavy (non-hydrogen) atoms. The normalized spacial score (nSPS) is 10.0. The second-order valence-electron chi connectivity index (χ2n) is 4.34. The quantitative estimate of drug-likeness (QED) is 0.267. The predicted molar refractivity (Wildman–Crippen MR) is 88.9 cm³/mol. The standard InChI is InChI=1S/C10H11O2.C9H9O.Fe/c1-2-12-10(11)8-7-9-5-3-4-6-9;1-2-5-9(10)8-6-3-4-7-8;/h3-8H,2H2,1H3;2-7H,1H3;/q-5;-1;. The van der Waals surface area contributed by atoms with Crippen molar-refractivity contribution in [1.29, 1.82) is 0 Å². The van der Waals surface area contributed by atoms with Crippen LogP contribution in [0.25, 0.3) is 6.08 Å². The van der Waals surface area contributed by atoms with Gasteiger partial charge in [-0.25, -0.2) is 0 Å². The molecule has 0 amide bonds. The Morgan fingerprint density at radius 2 is 1.74 bits per heavy atom. The molecule has 0 saturated carbocycles.